The van der Waals surface area contributed by atoms with Gasteiger partial charge < -0.3 is 8.83 Å². The number of benzene rings is 8. The molecule has 0 unspecified atom stereocenters. The van der Waals surface area contributed by atoms with Crippen molar-refractivity contribution >= 4 is 76.0 Å². The highest BCUT2D eigenvalue weighted by Crippen LogP contribution is 2.48. The third-order valence-electron chi connectivity index (χ3n) is 9.32. The maximum atomic E-state index is 6.37. The standard InChI is InChI=1S/C42H24O2/c1-2-12-26-25(11-1)23-36(28-14-4-3-13-27(26)28)39-30-16-5-7-18-32(30)40(33-19-8-6-17-31(33)39)37-24-43-41-35(37)22-21-34-29-15-9-10-20-38(29)44-42(34)41/h1-24H. The average molecular weight is 561 g/mol. The zero-order chi connectivity index (χ0) is 28.8. The first kappa shape index (κ1) is 23.7. The second-order valence-corrected chi connectivity index (χ2v) is 11.6. The van der Waals surface area contributed by atoms with Crippen molar-refractivity contribution < 1.29 is 8.83 Å². The van der Waals surface area contributed by atoms with Gasteiger partial charge in [0.15, 0.2) is 11.2 Å². The minimum absolute atomic E-state index is 0.784. The highest BCUT2D eigenvalue weighted by molar-refractivity contribution is 6.27. The third kappa shape index (κ3) is 3.14. The van der Waals surface area contributed by atoms with Crippen LogP contribution in [-0.4, -0.2) is 0 Å². The molecule has 0 saturated carbocycles. The molecule has 2 heteroatoms. The van der Waals surface area contributed by atoms with Gasteiger partial charge in [-0.3, -0.25) is 0 Å². The molecule has 2 aromatic heterocycles. The molecule has 10 rings (SSSR count). The van der Waals surface area contributed by atoms with Crippen LogP contribution in [0.2, 0.25) is 0 Å². The summed E-state index contributed by atoms with van der Waals surface area (Å²) in [5.74, 6) is 0. The molecular formula is C42H24O2. The molecule has 0 aliphatic heterocycles. The van der Waals surface area contributed by atoms with E-state index in [1.54, 1.807) is 0 Å². The quantitative estimate of drug-likeness (QED) is 0.155. The first-order valence-electron chi connectivity index (χ1n) is 15.0. The molecular weight excluding hydrogens is 536 g/mol. The van der Waals surface area contributed by atoms with Gasteiger partial charge in [-0.15, -0.1) is 0 Å². The summed E-state index contributed by atoms with van der Waals surface area (Å²) in [5, 5.41) is 13.1. The summed E-state index contributed by atoms with van der Waals surface area (Å²) in [6.45, 7) is 0. The number of fused-ring (bicyclic) bond motifs is 10. The first-order chi connectivity index (χ1) is 21.8. The van der Waals surface area contributed by atoms with Crippen LogP contribution in [0.3, 0.4) is 0 Å². The lowest BCUT2D eigenvalue weighted by atomic mass is 9.84. The summed E-state index contributed by atoms with van der Waals surface area (Å²) >= 11 is 0. The first-order valence-corrected chi connectivity index (χ1v) is 15.0. The molecule has 0 aliphatic rings. The zero-order valence-electron chi connectivity index (χ0n) is 23.7. The molecule has 2 heterocycles. The normalized spacial score (nSPS) is 12.1. The summed E-state index contributed by atoms with van der Waals surface area (Å²) in [4.78, 5) is 0. The number of furan rings is 2. The van der Waals surface area contributed by atoms with Crippen molar-refractivity contribution in [3.8, 4) is 22.3 Å². The van der Waals surface area contributed by atoms with Crippen molar-refractivity contribution in [3.05, 3.63) is 146 Å². The van der Waals surface area contributed by atoms with E-state index < -0.39 is 0 Å². The van der Waals surface area contributed by atoms with Gasteiger partial charge in [-0.25, -0.2) is 0 Å². The van der Waals surface area contributed by atoms with Gasteiger partial charge in [-0.05, 0) is 78.5 Å². The monoisotopic (exact) mass is 560 g/mol. The molecule has 2 nitrogen and oxygen atoms in total. The van der Waals surface area contributed by atoms with Crippen LogP contribution < -0.4 is 0 Å². The van der Waals surface area contributed by atoms with E-state index in [-0.39, 0.29) is 0 Å². The van der Waals surface area contributed by atoms with E-state index in [4.69, 9.17) is 8.83 Å². The Hall–Kier alpha value is -5.86. The Morgan fingerprint density at radius 1 is 0.341 bits per heavy atom. The van der Waals surface area contributed by atoms with E-state index in [1.807, 2.05) is 24.5 Å². The van der Waals surface area contributed by atoms with E-state index in [2.05, 4.69) is 121 Å². The Bertz CT molecular complexity index is 2720. The minimum atomic E-state index is 0.784. The maximum absolute atomic E-state index is 6.37. The molecule has 0 spiro atoms. The molecule has 44 heavy (non-hydrogen) atoms. The number of hydrogen-bond acceptors (Lipinski definition) is 2. The number of para-hydroxylation sites is 1. The summed E-state index contributed by atoms with van der Waals surface area (Å²) in [6, 6.07) is 50.0. The van der Waals surface area contributed by atoms with E-state index >= 15 is 0 Å². The van der Waals surface area contributed by atoms with Crippen LogP contribution in [0.5, 0.6) is 0 Å². The van der Waals surface area contributed by atoms with Gasteiger partial charge in [0, 0.05) is 27.3 Å². The van der Waals surface area contributed by atoms with Crippen LogP contribution >= 0.6 is 0 Å². The van der Waals surface area contributed by atoms with Gasteiger partial charge in [0.1, 0.15) is 5.58 Å². The molecule has 0 radical (unpaired) electrons. The predicted octanol–water partition coefficient (Wildman–Crippen LogP) is 12.3. The van der Waals surface area contributed by atoms with Crippen molar-refractivity contribution in [1.82, 2.24) is 0 Å². The highest BCUT2D eigenvalue weighted by atomic mass is 16.4. The van der Waals surface area contributed by atoms with Crippen LogP contribution in [0, 0.1) is 0 Å². The molecule has 204 valence electrons. The Balaban J connectivity index is 1.34. The van der Waals surface area contributed by atoms with E-state index in [0.29, 0.717) is 0 Å². The Morgan fingerprint density at radius 3 is 1.57 bits per heavy atom. The number of rotatable bonds is 2. The van der Waals surface area contributed by atoms with Gasteiger partial charge >= 0.3 is 0 Å². The lowest BCUT2D eigenvalue weighted by molar-refractivity contribution is 0.601. The topological polar surface area (TPSA) is 26.3 Å². The second-order valence-electron chi connectivity index (χ2n) is 11.6. The minimum Gasteiger partial charge on any atom is -0.460 e. The predicted molar refractivity (Wildman–Crippen MR) is 184 cm³/mol. The van der Waals surface area contributed by atoms with Gasteiger partial charge in [0.05, 0.1) is 6.26 Å². The smallest absolute Gasteiger partial charge is 0.178 e. The van der Waals surface area contributed by atoms with Crippen LogP contribution in [0.25, 0.3) is 98.3 Å². The molecule has 0 fully saturated rings. The summed E-state index contributed by atoms with van der Waals surface area (Å²) in [6.07, 6.45) is 1.91. The molecule has 0 bridgehead atoms. The summed E-state index contributed by atoms with van der Waals surface area (Å²) < 4.78 is 12.7. The van der Waals surface area contributed by atoms with Crippen molar-refractivity contribution in [2.24, 2.45) is 0 Å². The Kier molecular flexibility index (Phi) is 4.75. The van der Waals surface area contributed by atoms with Crippen LogP contribution in [-0.2, 0) is 0 Å². The van der Waals surface area contributed by atoms with E-state index in [9.17, 15) is 0 Å². The average Bonchev–Trinajstić information content (AvgIpc) is 3.69. The lowest BCUT2D eigenvalue weighted by Crippen LogP contribution is -1.92. The van der Waals surface area contributed by atoms with E-state index in [0.717, 1.165) is 38.5 Å². The Labute approximate surface area is 252 Å². The third-order valence-corrected chi connectivity index (χ3v) is 9.32. The Morgan fingerprint density at radius 2 is 0.864 bits per heavy atom. The zero-order valence-corrected chi connectivity index (χ0v) is 23.7. The summed E-state index contributed by atoms with van der Waals surface area (Å²) in [7, 11) is 0. The molecule has 0 amide bonds. The SMILES string of the molecule is c1ccc2c(c1)cc(-c1c3ccccc3c(-c3coc4c3ccc3c5ccccc5oc34)c3ccccc13)c1ccccc12. The largest absolute Gasteiger partial charge is 0.460 e. The molecule has 0 aliphatic carbocycles. The van der Waals surface area contributed by atoms with Gasteiger partial charge in [0.2, 0.25) is 0 Å². The lowest BCUT2D eigenvalue weighted by Gasteiger charge is -2.19. The molecule has 0 saturated heterocycles. The summed E-state index contributed by atoms with van der Waals surface area (Å²) in [5.41, 5.74) is 7.21. The fourth-order valence-electron chi connectivity index (χ4n) is 7.44. The van der Waals surface area contributed by atoms with Gasteiger partial charge in [0.25, 0.3) is 0 Å². The van der Waals surface area contributed by atoms with Crippen molar-refractivity contribution in [3.63, 3.8) is 0 Å². The van der Waals surface area contributed by atoms with E-state index in [1.165, 1.54) is 59.8 Å². The van der Waals surface area contributed by atoms with Gasteiger partial charge in [-0.1, -0.05) is 115 Å². The maximum Gasteiger partial charge on any atom is 0.178 e. The molecule has 10 aromatic rings. The van der Waals surface area contributed by atoms with Crippen molar-refractivity contribution in [1.29, 1.82) is 0 Å². The second kappa shape index (κ2) is 8.82. The highest BCUT2D eigenvalue weighted by Gasteiger charge is 2.22. The van der Waals surface area contributed by atoms with Crippen molar-refractivity contribution in [2.45, 2.75) is 0 Å². The fraction of sp³-hybridized carbons (Fsp3) is 0. The van der Waals surface area contributed by atoms with Crippen LogP contribution in [0.1, 0.15) is 0 Å². The molecule has 8 aromatic carbocycles. The molecule has 0 N–H and O–H groups in total. The molecule has 0 atom stereocenters. The van der Waals surface area contributed by atoms with Gasteiger partial charge in [-0.2, -0.15) is 0 Å². The number of hydrogen-bond donors (Lipinski definition) is 0. The van der Waals surface area contributed by atoms with Crippen molar-refractivity contribution in [2.75, 3.05) is 0 Å². The fourth-order valence-corrected chi connectivity index (χ4v) is 7.44. The van der Waals surface area contributed by atoms with Crippen LogP contribution in [0.15, 0.2) is 155 Å². The van der Waals surface area contributed by atoms with Crippen LogP contribution in [0.4, 0.5) is 0 Å².